The third-order valence-electron chi connectivity index (χ3n) is 2.61. The number of aldehydes is 1. The van der Waals surface area contributed by atoms with E-state index in [1.165, 1.54) is 6.42 Å². The molecule has 2 nitrogen and oxygen atoms in total. The van der Waals surface area contributed by atoms with Gasteiger partial charge < -0.3 is 9.53 Å². The molecule has 2 atom stereocenters. The molecule has 64 valence electrons. The molecule has 2 heteroatoms. The molecule has 1 rings (SSSR count). The fourth-order valence-electron chi connectivity index (χ4n) is 1.88. The lowest BCUT2D eigenvalue weighted by molar-refractivity contribution is -0.133. The zero-order chi connectivity index (χ0) is 8.32. The molecule has 0 amide bonds. The van der Waals surface area contributed by atoms with Crippen LogP contribution in [0.4, 0.5) is 0 Å². The van der Waals surface area contributed by atoms with E-state index in [2.05, 4.69) is 6.92 Å². The predicted molar refractivity (Wildman–Crippen MR) is 43.4 cm³/mol. The fourth-order valence-corrected chi connectivity index (χ4v) is 1.88. The van der Waals surface area contributed by atoms with E-state index < -0.39 is 5.60 Å². The van der Waals surface area contributed by atoms with Crippen molar-refractivity contribution in [3.05, 3.63) is 0 Å². The maximum Gasteiger partial charge on any atom is 0.151 e. The van der Waals surface area contributed by atoms with Gasteiger partial charge >= 0.3 is 0 Å². The summed E-state index contributed by atoms with van der Waals surface area (Å²) in [5.41, 5.74) is -0.447. The van der Waals surface area contributed by atoms with Crippen LogP contribution in [0.5, 0.6) is 0 Å². The summed E-state index contributed by atoms with van der Waals surface area (Å²) in [5.74, 6) is 0.633. The molecule has 0 heterocycles. The molecule has 0 radical (unpaired) electrons. The van der Waals surface area contributed by atoms with E-state index in [-0.39, 0.29) is 0 Å². The van der Waals surface area contributed by atoms with E-state index in [9.17, 15) is 4.79 Å². The lowest BCUT2D eigenvalue weighted by Crippen LogP contribution is -2.38. The van der Waals surface area contributed by atoms with E-state index in [1.54, 1.807) is 7.11 Å². The minimum absolute atomic E-state index is 0.447. The molecule has 1 saturated carbocycles. The topological polar surface area (TPSA) is 26.3 Å². The first-order valence-corrected chi connectivity index (χ1v) is 4.24. The lowest BCUT2D eigenvalue weighted by atomic mass is 9.80. The van der Waals surface area contributed by atoms with Gasteiger partial charge in [0.2, 0.25) is 0 Å². The number of carbonyl (C=O) groups excluding carboxylic acids is 1. The molecule has 2 unspecified atom stereocenters. The van der Waals surface area contributed by atoms with Gasteiger partial charge in [-0.05, 0) is 25.2 Å². The Bertz CT molecular complexity index is 144. The lowest BCUT2D eigenvalue weighted by Gasteiger charge is -2.33. The van der Waals surface area contributed by atoms with Crippen LogP contribution < -0.4 is 0 Å². The normalized spacial score (nSPS) is 38.5. The third kappa shape index (κ3) is 1.80. The molecule has 0 saturated heterocycles. The van der Waals surface area contributed by atoms with Crippen LogP contribution in [0.2, 0.25) is 0 Å². The average Bonchev–Trinajstić information content (AvgIpc) is 2.04. The van der Waals surface area contributed by atoms with Crippen molar-refractivity contribution in [2.24, 2.45) is 5.92 Å². The van der Waals surface area contributed by atoms with Crippen molar-refractivity contribution in [1.82, 2.24) is 0 Å². The maximum atomic E-state index is 10.7. The molecular formula is C9H16O2. The van der Waals surface area contributed by atoms with Crippen molar-refractivity contribution in [3.8, 4) is 0 Å². The molecular weight excluding hydrogens is 140 g/mol. The minimum atomic E-state index is -0.447. The number of carbonyl (C=O) groups is 1. The number of hydrogen-bond acceptors (Lipinski definition) is 2. The summed E-state index contributed by atoms with van der Waals surface area (Å²) in [7, 11) is 1.63. The monoisotopic (exact) mass is 156 g/mol. The van der Waals surface area contributed by atoms with Crippen molar-refractivity contribution < 1.29 is 9.53 Å². The van der Waals surface area contributed by atoms with Gasteiger partial charge in [-0.2, -0.15) is 0 Å². The van der Waals surface area contributed by atoms with Gasteiger partial charge in [-0.3, -0.25) is 0 Å². The highest BCUT2D eigenvalue weighted by atomic mass is 16.5. The van der Waals surface area contributed by atoms with Crippen molar-refractivity contribution in [2.45, 2.75) is 38.2 Å². The summed E-state index contributed by atoms with van der Waals surface area (Å²) in [6.45, 7) is 2.18. The molecule has 0 aromatic carbocycles. The van der Waals surface area contributed by atoms with Crippen LogP contribution in [0.15, 0.2) is 0 Å². The molecule has 0 aromatic rings. The summed E-state index contributed by atoms with van der Waals surface area (Å²) in [4.78, 5) is 10.7. The average molecular weight is 156 g/mol. The van der Waals surface area contributed by atoms with Gasteiger partial charge in [0.15, 0.2) is 6.29 Å². The molecule has 0 bridgehead atoms. The van der Waals surface area contributed by atoms with Crippen LogP contribution in [0.25, 0.3) is 0 Å². The van der Waals surface area contributed by atoms with Crippen LogP contribution in [0, 0.1) is 5.92 Å². The number of methoxy groups -OCH3 is 1. The van der Waals surface area contributed by atoms with Gasteiger partial charge in [0.05, 0.1) is 0 Å². The van der Waals surface area contributed by atoms with Crippen LogP contribution in [0.1, 0.15) is 32.6 Å². The maximum absolute atomic E-state index is 10.7. The van der Waals surface area contributed by atoms with E-state index in [0.717, 1.165) is 25.5 Å². The van der Waals surface area contributed by atoms with Crippen LogP contribution in [-0.2, 0) is 9.53 Å². The Hall–Kier alpha value is -0.370. The Morgan fingerprint density at radius 2 is 2.36 bits per heavy atom. The first-order valence-electron chi connectivity index (χ1n) is 4.24. The highest BCUT2D eigenvalue weighted by Gasteiger charge is 2.34. The molecule has 1 aliphatic rings. The van der Waals surface area contributed by atoms with Crippen LogP contribution in [-0.4, -0.2) is 19.0 Å². The van der Waals surface area contributed by atoms with Crippen LogP contribution >= 0.6 is 0 Å². The summed E-state index contributed by atoms with van der Waals surface area (Å²) >= 11 is 0. The van der Waals surface area contributed by atoms with E-state index in [1.807, 2.05) is 0 Å². The predicted octanol–water partition coefficient (Wildman–Crippen LogP) is 1.78. The summed E-state index contributed by atoms with van der Waals surface area (Å²) in [5, 5.41) is 0. The van der Waals surface area contributed by atoms with Gasteiger partial charge in [0, 0.05) is 7.11 Å². The fraction of sp³-hybridized carbons (Fsp3) is 0.889. The van der Waals surface area contributed by atoms with Gasteiger partial charge in [-0.25, -0.2) is 0 Å². The molecule has 1 aliphatic carbocycles. The van der Waals surface area contributed by atoms with Crippen molar-refractivity contribution in [2.75, 3.05) is 7.11 Å². The van der Waals surface area contributed by atoms with Crippen molar-refractivity contribution >= 4 is 6.29 Å². The highest BCUT2D eigenvalue weighted by molar-refractivity contribution is 5.62. The van der Waals surface area contributed by atoms with Crippen LogP contribution in [0.3, 0.4) is 0 Å². The molecule has 0 aromatic heterocycles. The Labute approximate surface area is 67.9 Å². The number of ether oxygens (including phenoxy) is 1. The molecule has 1 fully saturated rings. The summed E-state index contributed by atoms with van der Waals surface area (Å²) < 4.78 is 5.23. The first-order chi connectivity index (χ1) is 5.22. The molecule has 0 aliphatic heterocycles. The second kappa shape index (κ2) is 3.35. The Morgan fingerprint density at radius 3 is 2.73 bits per heavy atom. The Balaban J connectivity index is 2.59. The minimum Gasteiger partial charge on any atom is -0.371 e. The van der Waals surface area contributed by atoms with Crippen molar-refractivity contribution in [3.63, 3.8) is 0 Å². The third-order valence-corrected chi connectivity index (χ3v) is 2.61. The Morgan fingerprint density at radius 1 is 1.64 bits per heavy atom. The van der Waals surface area contributed by atoms with Gasteiger partial charge in [-0.15, -0.1) is 0 Å². The standard InChI is InChI=1S/C9H16O2/c1-8-4-3-5-9(6-8,7-10)11-2/h7-8H,3-6H2,1-2H3. The summed E-state index contributed by atoms with van der Waals surface area (Å²) in [6.07, 6.45) is 5.12. The number of hydrogen-bond donors (Lipinski definition) is 0. The summed E-state index contributed by atoms with van der Waals surface area (Å²) in [6, 6.07) is 0. The van der Waals surface area contributed by atoms with Gasteiger partial charge in [0.1, 0.15) is 5.60 Å². The van der Waals surface area contributed by atoms with E-state index in [4.69, 9.17) is 4.74 Å². The van der Waals surface area contributed by atoms with Gasteiger partial charge in [0.25, 0.3) is 0 Å². The van der Waals surface area contributed by atoms with Crippen molar-refractivity contribution in [1.29, 1.82) is 0 Å². The van der Waals surface area contributed by atoms with E-state index >= 15 is 0 Å². The highest BCUT2D eigenvalue weighted by Crippen LogP contribution is 2.32. The second-order valence-corrected chi connectivity index (χ2v) is 3.59. The second-order valence-electron chi connectivity index (χ2n) is 3.59. The number of rotatable bonds is 2. The largest absolute Gasteiger partial charge is 0.371 e. The quantitative estimate of drug-likeness (QED) is 0.570. The molecule has 0 N–H and O–H groups in total. The molecule has 11 heavy (non-hydrogen) atoms. The zero-order valence-electron chi connectivity index (χ0n) is 7.30. The molecule has 0 spiro atoms. The van der Waals surface area contributed by atoms with Gasteiger partial charge in [-0.1, -0.05) is 13.3 Å². The smallest absolute Gasteiger partial charge is 0.151 e. The first kappa shape index (κ1) is 8.72. The Kier molecular flexibility index (Phi) is 2.66. The zero-order valence-corrected chi connectivity index (χ0v) is 7.30. The van der Waals surface area contributed by atoms with E-state index in [0.29, 0.717) is 5.92 Å². The SMILES string of the molecule is COC1(C=O)CCCC(C)C1.